The lowest BCUT2D eigenvalue weighted by Gasteiger charge is -2.17. The maximum absolute atomic E-state index is 12.1. The summed E-state index contributed by atoms with van der Waals surface area (Å²) in [6, 6.07) is 15.0. The Kier molecular flexibility index (Phi) is 4.41. The Morgan fingerprint density at radius 1 is 1.10 bits per heavy atom. The van der Waals surface area contributed by atoms with Gasteiger partial charge in [-0.3, -0.25) is 4.79 Å². The summed E-state index contributed by atoms with van der Waals surface area (Å²) in [4.78, 5) is 13.8. The van der Waals surface area contributed by atoms with Crippen LogP contribution in [-0.4, -0.2) is 23.0 Å². The molecule has 3 heteroatoms. The highest BCUT2D eigenvalue weighted by Crippen LogP contribution is 2.13. The van der Waals surface area contributed by atoms with Crippen molar-refractivity contribution >= 4 is 5.91 Å². The van der Waals surface area contributed by atoms with Crippen molar-refractivity contribution in [2.45, 2.75) is 19.9 Å². The lowest BCUT2D eigenvalue weighted by Crippen LogP contribution is -2.27. The molecule has 0 radical (unpaired) electrons. The molecule has 20 heavy (non-hydrogen) atoms. The van der Waals surface area contributed by atoms with Gasteiger partial charge in [-0.1, -0.05) is 42.0 Å². The molecule has 0 saturated heterocycles. The summed E-state index contributed by atoms with van der Waals surface area (Å²) >= 11 is 0. The fourth-order valence-corrected chi connectivity index (χ4v) is 2.03. The molecular weight excluding hydrogens is 250 g/mol. The van der Waals surface area contributed by atoms with Crippen molar-refractivity contribution in [3.05, 3.63) is 65.2 Å². The van der Waals surface area contributed by atoms with Gasteiger partial charge in [0.2, 0.25) is 5.91 Å². The first kappa shape index (κ1) is 14.1. The predicted molar refractivity (Wildman–Crippen MR) is 79.5 cm³/mol. The van der Waals surface area contributed by atoms with E-state index in [0.717, 1.165) is 11.1 Å². The van der Waals surface area contributed by atoms with Crippen LogP contribution in [0.5, 0.6) is 5.75 Å². The van der Waals surface area contributed by atoms with E-state index >= 15 is 0 Å². The molecule has 2 aromatic carbocycles. The van der Waals surface area contributed by atoms with Crippen molar-refractivity contribution in [2.24, 2.45) is 0 Å². The Morgan fingerprint density at radius 3 is 2.45 bits per heavy atom. The summed E-state index contributed by atoms with van der Waals surface area (Å²) in [5, 5.41) is 9.40. The Morgan fingerprint density at radius 2 is 1.80 bits per heavy atom. The van der Waals surface area contributed by atoms with E-state index in [1.54, 1.807) is 30.1 Å². The van der Waals surface area contributed by atoms with Gasteiger partial charge in [0, 0.05) is 13.6 Å². The number of hydrogen-bond acceptors (Lipinski definition) is 2. The summed E-state index contributed by atoms with van der Waals surface area (Å²) in [5.74, 6) is 0.229. The summed E-state index contributed by atoms with van der Waals surface area (Å²) < 4.78 is 0. The van der Waals surface area contributed by atoms with Crippen LogP contribution in [0.25, 0.3) is 0 Å². The van der Waals surface area contributed by atoms with Crippen LogP contribution in [0.15, 0.2) is 48.5 Å². The summed E-state index contributed by atoms with van der Waals surface area (Å²) in [6.45, 7) is 2.64. The summed E-state index contributed by atoms with van der Waals surface area (Å²) in [5.41, 5.74) is 3.15. The van der Waals surface area contributed by atoms with E-state index in [4.69, 9.17) is 0 Å². The third-order valence-electron chi connectivity index (χ3n) is 3.23. The van der Waals surface area contributed by atoms with Crippen molar-refractivity contribution in [1.82, 2.24) is 4.90 Å². The molecule has 2 rings (SSSR count). The van der Waals surface area contributed by atoms with E-state index in [1.165, 1.54) is 5.56 Å². The molecule has 2 aromatic rings. The number of rotatable bonds is 4. The van der Waals surface area contributed by atoms with Crippen molar-refractivity contribution in [3.63, 3.8) is 0 Å². The second kappa shape index (κ2) is 6.24. The number of aryl methyl sites for hydroxylation is 1. The van der Waals surface area contributed by atoms with Gasteiger partial charge in [-0.15, -0.1) is 0 Å². The molecule has 0 aliphatic rings. The summed E-state index contributed by atoms with van der Waals surface area (Å²) in [7, 11) is 1.80. The number of hydrogen-bond donors (Lipinski definition) is 1. The first-order chi connectivity index (χ1) is 9.54. The van der Waals surface area contributed by atoms with Crippen LogP contribution in [0, 0.1) is 6.92 Å². The smallest absolute Gasteiger partial charge is 0.227 e. The van der Waals surface area contributed by atoms with Gasteiger partial charge in [-0.05, 0) is 30.2 Å². The maximum atomic E-state index is 12.1. The number of carbonyl (C=O) groups excluding carboxylic acids is 1. The molecule has 0 fully saturated rings. The SMILES string of the molecule is Cc1ccc(CN(C)C(=O)Cc2cccc(O)c2)cc1. The number of carbonyl (C=O) groups is 1. The average molecular weight is 269 g/mol. The average Bonchev–Trinajstić information content (AvgIpc) is 2.41. The second-order valence-electron chi connectivity index (χ2n) is 5.08. The molecule has 0 aromatic heterocycles. The van der Waals surface area contributed by atoms with E-state index in [0.29, 0.717) is 13.0 Å². The van der Waals surface area contributed by atoms with E-state index in [-0.39, 0.29) is 11.7 Å². The van der Waals surface area contributed by atoms with Gasteiger partial charge >= 0.3 is 0 Å². The number of phenolic OH excluding ortho intramolecular Hbond substituents is 1. The minimum absolute atomic E-state index is 0.0381. The zero-order valence-corrected chi connectivity index (χ0v) is 11.8. The third kappa shape index (κ3) is 3.85. The van der Waals surface area contributed by atoms with Crippen LogP contribution in [0.2, 0.25) is 0 Å². The van der Waals surface area contributed by atoms with E-state index in [1.807, 2.05) is 37.3 Å². The molecule has 0 saturated carbocycles. The first-order valence-corrected chi connectivity index (χ1v) is 6.62. The highest BCUT2D eigenvalue weighted by Gasteiger charge is 2.10. The number of benzene rings is 2. The predicted octanol–water partition coefficient (Wildman–Crippen LogP) is 2.90. The molecule has 0 heterocycles. The topological polar surface area (TPSA) is 40.5 Å². The van der Waals surface area contributed by atoms with Crippen LogP contribution in [-0.2, 0) is 17.8 Å². The minimum Gasteiger partial charge on any atom is -0.508 e. The Labute approximate surface area is 119 Å². The molecule has 0 aliphatic carbocycles. The van der Waals surface area contributed by atoms with Crippen LogP contribution in [0.1, 0.15) is 16.7 Å². The van der Waals surface area contributed by atoms with Crippen molar-refractivity contribution in [3.8, 4) is 5.75 Å². The monoisotopic (exact) mass is 269 g/mol. The zero-order chi connectivity index (χ0) is 14.5. The zero-order valence-electron chi connectivity index (χ0n) is 11.8. The normalized spacial score (nSPS) is 10.3. The molecule has 0 atom stereocenters. The Hall–Kier alpha value is -2.29. The van der Waals surface area contributed by atoms with Gasteiger partial charge in [-0.25, -0.2) is 0 Å². The van der Waals surface area contributed by atoms with Crippen molar-refractivity contribution in [2.75, 3.05) is 7.05 Å². The van der Waals surface area contributed by atoms with E-state index < -0.39 is 0 Å². The van der Waals surface area contributed by atoms with Gasteiger partial charge in [0.15, 0.2) is 0 Å². The molecule has 0 spiro atoms. The maximum Gasteiger partial charge on any atom is 0.227 e. The third-order valence-corrected chi connectivity index (χ3v) is 3.23. The van der Waals surface area contributed by atoms with E-state index in [9.17, 15) is 9.90 Å². The lowest BCUT2D eigenvalue weighted by atomic mass is 10.1. The summed E-state index contributed by atoms with van der Waals surface area (Å²) in [6.07, 6.45) is 0.302. The molecule has 0 unspecified atom stereocenters. The highest BCUT2D eigenvalue weighted by molar-refractivity contribution is 5.78. The van der Waals surface area contributed by atoms with Crippen LogP contribution < -0.4 is 0 Å². The minimum atomic E-state index is 0.0381. The van der Waals surface area contributed by atoms with Crippen LogP contribution >= 0.6 is 0 Å². The highest BCUT2D eigenvalue weighted by atomic mass is 16.3. The lowest BCUT2D eigenvalue weighted by molar-refractivity contribution is -0.129. The molecule has 3 nitrogen and oxygen atoms in total. The number of amides is 1. The molecule has 1 N–H and O–H groups in total. The number of likely N-dealkylation sites (N-methyl/N-ethyl adjacent to an activating group) is 1. The largest absolute Gasteiger partial charge is 0.508 e. The van der Waals surface area contributed by atoms with E-state index in [2.05, 4.69) is 0 Å². The van der Waals surface area contributed by atoms with Gasteiger partial charge in [0.25, 0.3) is 0 Å². The fourth-order valence-electron chi connectivity index (χ4n) is 2.03. The van der Waals surface area contributed by atoms with Gasteiger partial charge in [-0.2, -0.15) is 0 Å². The van der Waals surface area contributed by atoms with Crippen LogP contribution in [0.3, 0.4) is 0 Å². The second-order valence-corrected chi connectivity index (χ2v) is 5.08. The van der Waals surface area contributed by atoms with Crippen LogP contribution in [0.4, 0.5) is 0 Å². The molecular formula is C17H19NO2. The fraction of sp³-hybridized carbons (Fsp3) is 0.235. The van der Waals surface area contributed by atoms with Gasteiger partial charge in [0.05, 0.1) is 6.42 Å². The van der Waals surface area contributed by atoms with Gasteiger partial charge < -0.3 is 10.0 Å². The first-order valence-electron chi connectivity index (χ1n) is 6.62. The molecule has 0 bridgehead atoms. The number of nitrogens with zero attached hydrogens (tertiary/aromatic N) is 1. The Bertz CT molecular complexity index is 590. The number of phenols is 1. The molecule has 0 aliphatic heterocycles. The Balaban J connectivity index is 1.96. The van der Waals surface area contributed by atoms with Crippen molar-refractivity contribution in [1.29, 1.82) is 0 Å². The van der Waals surface area contributed by atoms with Gasteiger partial charge in [0.1, 0.15) is 5.75 Å². The van der Waals surface area contributed by atoms with Crippen molar-refractivity contribution < 1.29 is 9.90 Å². The molecule has 1 amide bonds. The quantitative estimate of drug-likeness (QED) is 0.927. The standard InChI is InChI=1S/C17H19NO2/c1-13-6-8-14(9-7-13)12-18(2)17(20)11-15-4-3-5-16(19)10-15/h3-10,19H,11-12H2,1-2H3. The molecule has 104 valence electrons. The number of aromatic hydroxyl groups is 1.